The van der Waals surface area contributed by atoms with Gasteiger partial charge < -0.3 is 16.2 Å². The van der Waals surface area contributed by atoms with Gasteiger partial charge in [0.1, 0.15) is 21.2 Å². The van der Waals surface area contributed by atoms with Crippen molar-refractivity contribution in [2.24, 2.45) is 5.73 Å². The number of fused-ring (bicyclic) bond motifs is 1. The highest BCUT2D eigenvalue weighted by Crippen LogP contribution is 2.40. The van der Waals surface area contributed by atoms with Gasteiger partial charge in [0.15, 0.2) is 0 Å². The molecule has 0 radical (unpaired) electrons. The Labute approximate surface area is 131 Å². The number of aromatic nitrogens is 1. The Balaban J connectivity index is 2.15. The molecule has 2 heterocycles. The van der Waals surface area contributed by atoms with Crippen LogP contribution in [0.4, 0.5) is 5.69 Å². The molecule has 0 aliphatic heterocycles. The van der Waals surface area contributed by atoms with Crippen LogP contribution in [0.25, 0.3) is 10.2 Å². The third kappa shape index (κ3) is 2.37. The van der Waals surface area contributed by atoms with E-state index < -0.39 is 5.91 Å². The number of ether oxygens (including phenoxy) is 1. The van der Waals surface area contributed by atoms with Gasteiger partial charge in [-0.25, -0.2) is 4.98 Å². The highest BCUT2D eigenvalue weighted by atomic mass is 32.1. The van der Waals surface area contributed by atoms with Crippen LogP contribution in [0.2, 0.25) is 0 Å². The fraction of sp³-hybridized carbons (Fsp3) is 0.125. The van der Waals surface area contributed by atoms with Crippen LogP contribution in [0.5, 0.6) is 11.5 Å². The SMILES string of the molecule is Cc1ccc(C)c(Oc2ccnc3sc(C(N)=O)c(N)c23)c1. The number of carbonyl (C=O) groups excluding carboxylic acids is 1. The van der Waals surface area contributed by atoms with Crippen LogP contribution in [0.1, 0.15) is 20.8 Å². The molecule has 22 heavy (non-hydrogen) atoms. The standard InChI is InChI=1S/C16H15N3O2S/c1-8-3-4-9(2)11(7-8)21-10-5-6-19-16-12(10)13(17)14(22-16)15(18)20/h3-7H,17H2,1-2H3,(H2,18,20). The Hall–Kier alpha value is -2.60. The number of pyridine rings is 1. The molecule has 1 aromatic carbocycles. The number of hydrogen-bond acceptors (Lipinski definition) is 5. The maximum Gasteiger partial charge on any atom is 0.260 e. The number of primary amides is 1. The number of aryl methyl sites for hydroxylation is 2. The molecule has 3 aromatic rings. The zero-order valence-electron chi connectivity index (χ0n) is 12.2. The minimum Gasteiger partial charge on any atom is -0.456 e. The van der Waals surface area contributed by atoms with Gasteiger partial charge in [-0.15, -0.1) is 11.3 Å². The number of nitrogens with two attached hydrogens (primary N) is 2. The van der Waals surface area contributed by atoms with Crippen molar-refractivity contribution < 1.29 is 9.53 Å². The summed E-state index contributed by atoms with van der Waals surface area (Å²) in [6, 6.07) is 7.71. The summed E-state index contributed by atoms with van der Waals surface area (Å²) in [6.45, 7) is 3.97. The number of benzene rings is 1. The van der Waals surface area contributed by atoms with Crippen LogP contribution in [-0.4, -0.2) is 10.9 Å². The number of nitrogen functional groups attached to an aromatic ring is 1. The van der Waals surface area contributed by atoms with Gasteiger partial charge in [-0.1, -0.05) is 12.1 Å². The molecule has 0 fully saturated rings. The second kappa shape index (κ2) is 5.31. The van der Waals surface area contributed by atoms with Crippen LogP contribution in [0.3, 0.4) is 0 Å². The molecule has 0 aliphatic carbocycles. The summed E-state index contributed by atoms with van der Waals surface area (Å²) in [6.07, 6.45) is 1.63. The van der Waals surface area contributed by atoms with Gasteiger partial charge in [0.2, 0.25) is 0 Å². The van der Waals surface area contributed by atoms with E-state index in [1.807, 2.05) is 32.0 Å². The molecule has 2 aromatic heterocycles. The molecule has 0 unspecified atom stereocenters. The van der Waals surface area contributed by atoms with Crippen LogP contribution >= 0.6 is 11.3 Å². The number of thiophene rings is 1. The normalized spacial score (nSPS) is 10.8. The fourth-order valence-electron chi connectivity index (χ4n) is 2.22. The number of carbonyl (C=O) groups is 1. The summed E-state index contributed by atoms with van der Waals surface area (Å²) in [7, 11) is 0. The van der Waals surface area contributed by atoms with Crippen molar-refractivity contribution in [2.45, 2.75) is 13.8 Å². The van der Waals surface area contributed by atoms with E-state index in [-0.39, 0.29) is 0 Å². The lowest BCUT2D eigenvalue weighted by atomic mass is 10.1. The largest absolute Gasteiger partial charge is 0.456 e. The number of hydrogen-bond donors (Lipinski definition) is 2. The zero-order chi connectivity index (χ0) is 15.9. The topological polar surface area (TPSA) is 91.2 Å². The molecule has 0 bridgehead atoms. The van der Waals surface area contributed by atoms with Crippen LogP contribution in [0.15, 0.2) is 30.5 Å². The molecule has 0 atom stereocenters. The summed E-state index contributed by atoms with van der Waals surface area (Å²) < 4.78 is 6.01. The predicted octanol–water partition coefficient (Wildman–Crippen LogP) is 3.39. The lowest BCUT2D eigenvalue weighted by Crippen LogP contribution is -2.10. The minimum absolute atomic E-state index is 0.305. The summed E-state index contributed by atoms with van der Waals surface area (Å²) in [5, 5.41) is 0.627. The molecule has 1 amide bonds. The quantitative estimate of drug-likeness (QED) is 0.775. The maximum absolute atomic E-state index is 11.4. The minimum atomic E-state index is -0.557. The molecule has 3 rings (SSSR count). The van der Waals surface area contributed by atoms with E-state index in [1.54, 1.807) is 12.3 Å². The van der Waals surface area contributed by atoms with Crippen molar-refractivity contribution in [1.29, 1.82) is 0 Å². The molecular weight excluding hydrogens is 298 g/mol. The zero-order valence-corrected chi connectivity index (χ0v) is 13.0. The molecule has 6 heteroatoms. The highest BCUT2D eigenvalue weighted by molar-refractivity contribution is 7.21. The smallest absolute Gasteiger partial charge is 0.260 e. The van der Waals surface area contributed by atoms with E-state index in [0.717, 1.165) is 16.9 Å². The van der Waals surface area contributed by atoms with Gasteiger partial charge in [0.25, 0.3) is 5.91 Å². The van der Waals surface area contributed by atoms with E-state index in [2.05, 4.69) is 4.98 Å². The molecular formula is C16H15N3O2S. The van der Waals surface area contributed by atoms with Gasteiger partial charge in [0.05, 0.1) is 11.1 Å². The predicted molar refractivity (Wildman–Crippen MR) is 88.5 cm³/mol. The molecule has 0 spiro atoms. The van der Waals surface area contributed by atoms with E-state index in [0.29, 0.717) is 26.5 Å². The van der Waals surface area contributed by atoms with Crippen LogP contribution in [-0.2, 0) is 0 Å². The fourth-order valence-corrected chi connectivity index (χ4v) is 3.15. The Morgan fingerprint density at radius 3 is 2.73 bits per heavy atom. The van der Waals surface area contributed by atoms with Crippen molar-refractivity contribution in [2.75, 3.05) is 5.73 Å². The Kier molecular flexibility index (Phi) is 3.46. The van der Waals surface area contributed by atoms with Crippen molar-refractivity contribution in [1.82, 2.24) is 4.98 Å². The summed E-state index contributed by atoms with van der Waals surface area (Å²) >= 11 is 1.17. The monoisotopic (exact) mass is 313 g/mol. The Morgan fingerprint density at radius 1 is 1.23 bits per heavy atom. The van der Waals surface area contributed by atoms with E-state index in [1.165, 1.54) is 11.3 Å². The van der Waals surface area contributed by atoms with Crippen LogP contribution in [0, 0.1) is 13.8 Å². The summed E-state index contributed by atoms with van der Waals surface area (Å²) in [4.78, 5) is 16.6. The molecule has 5 nitrogen and oxygen atoms in total. The van der Waals surface area contributed by atoms with Crippen molar-refractivity contribution in [3.8, 4) is 11.5 Å². The van der Waals surface area contributed by atoms with Crippen LogP contribution < -0.4 is 16.2 Å². The second-order valence-electron chi connectivity index (χ2n) is 5.07. The Bertz CT molecular complexity index is 886. The molecule has 0 saturated heterocycles. The summed E-state index contributed by atoms with van der Waals surface area (Å²) in [5.41, 5.74) is 13.8. The first-order valence-electron chi connectivity index (χ1n) is 6.69. The van der Waals surface area contributed by atoms with E-state index in [4.69, 9.17) is 16.2 Å². The highest BCUT2D eigenvalue weighted by Gasteiger charge is 2.18. The lowest BCUT2D eigenvalue weighted by Gasteiger charge is -2.10. The molecule has 0 saturated carbocycles. The first-order chi connectivity index (χ1) is 10.5. The van der Waals surface area contributed by atoms with E-state index in [9.17, 15) is 4.79 Å². The summed E-state index contributed by atoms with van der Waals surface area (Å²) in [5.74, 6) is 0.761. The van der Waals surface area contributed by atoms with Gasteiger partial charge in [-0.05, 0) is 37.1 Å². The van der Waals surface area contributed by atoms with Gasteiger partial charge in [0, 0.05) is 6.20 Å². The molecule has 4 N–H and O–H groups in total. The van der Waals surface area contributed by atoms with Gasteiger partial charge >= 0.3 is 0 Å². The second-order valence-corrected chi connectivity index (χ2v) is 6.07. The Morgan fingerprint density at radius 2 is 2.00 bits per heavy atom. The average Bonchev–Trinajstić information content (AvgIpc) is 2.81. The molecule has 0 aliphatic rings. The van der Waals surface area contributed by atoms with Gasteiger partial charge in [-0.2, -0.15) is 0 Å². The average molecular weight is 313 g/mol. The number of amides is 1. The molecule has 112 valence electrons. The maximum atomic E-state index is 11.4. The lowest BCUT2D eigenvalue weighted by molar-refractivity contribution is 0.100. The third-order valence-electron chi connectivity index (χ3n) is 3.38. The number of anilines is 1. The van der Waals surface area contributed by atoms with Crippen molar-refractivity contribution >= 4 is 33.1 Å². The third-order valence-corrected chi connectivity index (χ3v) is 4.51. The van der Waals surface area contributed by atoms with Gasteiger partial charge in [-0.3, -0.25) is 4.79 Å². The van der Waals surface area contributed by atoms with Crippen molar-refractivity contribution in [3.05, 3.63) is 46.5 Å². The first-order valence-corrected chi connectivity index (χ1v) is 7.51. The van der Waals surface area contributed by atoms with E-state index >= 15 is 0 Å². The van der Waals surface area contributed by atoms with Crippen molar-refractivity contribution in [3.63, 3.8) is 0 Å². The number of nitrogens with zero attached hydrogens (tertiary/aromatic N) is 1. The first kappa shape index (κ1) is 14.3. The number of rotatable bonds is 3.